The number of aryl methyl sites for hydroxylation is 1. The molecule has 0 aliphatic heterocycles. The van der Waals surface area contributed by atoms with Gasteiger partial charge in [0.05, 0.1) is 6.20 Å². The topological polar surface area (TPSA) is 59.0 Å². The summed E-state index contributed by atoms with van der Waals surface area (Å²) in [7, 11) is 1.78. The zero-order valence-electron chi connectivity index (χ0n) is 8.58. The van der Waals surface area contributed by atoms with Crippen LogP contribution in [-0.2, 0) is 7.05 Å². The van der Waals surface area contributed by atoms with E-state index in [0.29, 0.717) is 12.4 Å². The predicted octanol–water partition coefficient (Wildman–Crippen LogP) is 1.34. The van der Waals surface area contributed by atoms with Gasteiger partial charge in [0.15, 0.2) is 0 Å². The molecular weight excluding hydrogens is 180 g/mol. The highest BCUT2D eigenvalue weighted by molar-refractivity contribution is 5.88. The molecule has 0 fully saturated rings. The van der Waals surface area contributed by atoms with Gasteiger partial charge in [0.25, 0.3) is 0 Å². The van der Waals surface area contributed by atoms with Crippen molar-refractivity contribution in [3.05, 3.63) is 12.3 Å². The Bertz CT molecular complexity index is 295. The molecule has 1 rings (SSSR count). The summed E-state index contributed by atoms with van der Waals surface area (Å²) in [4.78, 5) is 11.3. The molecule has 0 saturated heterocycles. The maximum atomic E-state index is 11.3. The maximum absolute atomic E-state index is 11.3. The summed E-state index contributed by atoms with van der Waals surface area (Å²) < 4.78 is 1.61. The summed E-state index contributed by atoms with van der Waals surface area (Å²) in [5.41, 5.74) is 0. The van der Waals surface area contributed by atoms with Crippen LogP contribution in [0.15, 0.2) is 12.3 Å². The largest absolute Gasteiger partial charge is 0.338 e. The fraction of sp³-hybridized carbons (Fsp3) is 0.556. The van der Waals surface area contributed by atoms with Crippen LogP contribution in [0.5, 0.6) is 0 Å². The number of unbranched alkanes of at least 4 members (excludes halogenated alkanes) is 1. The second-order valence-electron chi connectivity index (χ2n) is 3.07. The van der Waals surface area contributed by atoms with Crippen molar-refractivity contribution in [3.63, 3.8) is 0 Å². The number of aromatic nitrogens is 2. The summed E-state index contributed by atoms with van der Waals surface area (Å²) in [6.07, 6.45) is 3.71. The first-order valence-corrected chi connectivity index (χ1v) is 4.77. The van der Waals surface area contributed by atoms with Gasteiger partial charge in [-0.15, -0.1) is 0 Å². The maximum Gasteiger partial charge on any atom is 0.320 e. The van der Waals surface area contributed by atoms with E-state index in [0.717, 1.165) is 12.8 Å². The van der Waals surface area contributed by atoms with Gasteiger partial charge in [-0.1, -0.05) is 13.3 Å². The number of carbonyl (C=O) groups is 1. The van der Waals surface area contributed by atoms with E-state index >= 15 is 0 Å². The molecule has 5 nitrogen and oxygen atoms in total. The van der Waals surface area contributed by atoms with Gasteiger partial charge in [0.2, 0.25) is 0 Å². The molecule has 0 radical (unpaired) electrons. The minimum Gasteiger partial charge on any atom is -0.338 e. The molecule has 0 bridgehead atoms. The number of hydrogen-bond donors (Lipinski definition) is 2. The van der Waals surface area contributed by atoms with Crippen molar-refractivity contribution in [2.24, 2.45) is 7.05 Å². The second kappa shape index (κ2) is 5.26. The molecule has 1 heterocycles. The number of rotatable bonds is 4. The Morgan fingerprint density at radius 3 is 3.00 bits per heavy atom. The van der Waals surface area contributed by atoms with Crippen molar-refractivity contribution >= 4 is 11.8 Å². The van der Waals surface area contributed by atoms with Crippen LogP contribution in [0, 0.1) is 0 Å². The first kappa shape index (κ1) is 10.6. The van der Waals surface area contributed by atoms with Crippen LogP contribution in [0.4, 0.5) is 10.6 Å². The molecule has 2 N–H and O–H groups in total. The van der Waals surface area contributed by atoms with E-state index in [4.69, 9.17) is 0 Å². The lowest BCUT2D eigenvalue weighted by atomic mass is 10.3. The average Bonchev–Trinajstić information content (AvgIpc) is 2.52. The highest BCUT2D eigenvalue weighted by Gasteiger charge is 2.02. The van der Waals surface area contributed by atoms with Crippen LogP contribution < -0.4 is 10.6 Å². The van der Waals surface area contributed by atoms with E-state index in [9.17, 15) is 4.79 Å². The normalized spacial score (nSPS) is 9.86. The van der Waals surface area contributed by atoms with Crippen molar-refractivity contribution in [1.29, 1.82) is 0 Å². The van der Waals surface area contributed by atoms with Gasteiger partial charge in [0.1, 0.15) is 5.82 Å². The zero-order chi connectivity index (χ0) is 10.4. The number of nitrogens with zero attached hydrogens (tertiary/aromatic N) is 2. The number of urea groups is 1. The van der Waals surface area contributed by atoms with Gasteiger partial charge < -0.3 is 5.32 Å². The molecule has 1 aromatic heterocycles. The molecule has 0 aliphatic carbocycles. The SMILES string of the molecule is CCCCNC(=O)Nc1ccnn1C. The molecule has 14 heavy (non-hydrogen) atoms. The summed E-state index contributed by atoms with van der Waals surface area (Å²) in [5.74, 6) is 0.694. The molecule has 0 saturated carbocycles. The van der Waals surface area contributed by atoms with Crippen molar-refractivity contribution in [2.45, 2.75) is 19.8 Å². The number of amides is 2. The highest BCUT2D eigenvalue weighted by atomic mass is 16.2. The minimum atomic E-state index is -0.179. The van der Waals surface area contributed by atoms with E-state index in [-0.39, 0.29) is 6.03 Å². The predicted molar refractivity (Wildman–Crippen MR) is 55.1 cm³/mol. The Labute approximate surface area is 83.5 Å². The van der Waals surface area contributed by atoms with E-state index in [1.54, 1.807) is 24.0 Å². The Kier molecular flexibility index (Phi) is 3.97. The third kappa shape index (κ3) is 3.08. The van der Waals surface area contributed by atoms with Gasteiger partial charge in [-0.2, -0.15) is 5.10 Å². The third-order valence-electron chi connectivity index (χ3n) is 1.88. The van der Waals surface area contributed by atoms with Gasteiger partial charge in [-0.3, -0.25) is 10.00 Å². The fourth-order valence-electron chi connectivity index (χ4n) is 1.04. The molecular formula is C9H16N4O. The Balaban J connectivity index is 2.31. The molecule has 0 atom stereocenters. The van der Waals surface area contributed by atoms with E-state index in [1.165, 1.54) is 0 Å². The molecule has 0 spiro atoms. The lowest BCUT2D eigenvalue weighted by Crippen LogP contribution is -2.30. The Morgan fingerprint density at radius 1 is 1.64 bits per heavy atom. The summed E-state index contributed by atoms with van der Waals surface area (Å²) >= 11 is 0. The Morgan fingerprint density at radius 2 is 2.43 bits per heavy atom. The molecule has 5 heteroatoms. The first-order valence-electron chi connectivity index (χ1n) is 4.77. The van der Waals surface area contributed by atoms with E-state index < -0.39 is 0 Å². The summed E-state index contributed by atoms with van der Waals surface area (Å²) in [6, 6.07) is 1.57. The molecule has 78 valence electrons. The average molecular weight is 196 g/mol. The van der Waals surface area contributed by atoms with Crippen LogP contribution in [-0.4, -0.2) is 22.4 Å². The van der Waals surface area contributed by atoms with Gasteiger partial charge in [-0.05, 0) is 6.42 Å². The molecule has 1 aromatic rings. The third-order valence-corrected chi connectivity index (χ3v) is 1.88. The van der Waals surface area contributed by atoms with Crippen LogP contribution in [0.2, 0.25) is 0 Å². The van der Waals surface area contributed by atoms with Crippen LogP contribution in [0.1, 0.15) is 19.8 Å². The van der Waals surface area contributed by atoms with Crippen LogP contribution in [0.25, 0.3) is 0 Å². The lowest BCUT2D eigenvalue weighted by molar-refractivity contribution is 0.252. The van der Waals surface area contributed by atoms with E-state index in [1.807, 2.05) is 0 Å². The number of hydrogen-bond acceptors (Lipinski definition) is 2. The number of carbonyl (C=O) groups excluding carboxylic acids is 1. The molecule has 2 amide bonds. The quantitative estimate of drug-likeness (QED) is 0.714. The van der Waals surface area contributed by atoms with E-state index in [2.05, 4.69) is 22.7 Å². The van der Waals surface area contributed by atoms with Crippen LogP contribution in [0.3, 0.4) is 0 Å². The van der Waals surface area contributed by atoms with Crippen molar-refractivity contribution in [2.75, 3.05) is 11.9 Å². The number of nitrogens with one attached hydrogen (secondary N) is 2. The second-order valence-corrected chi connectivity index (χ2v) is 3.07. The van der Waals surface area contributed by atoms with Crippen molar-refractivity contribution in [3.8, 4) is 0 Å². The summed E-state index contributed by atoms with van der Waals surface area (Å²) in [6.45, 7) is 2.79. The fourth-order valence-corrected chi connectivity index (χ4v) is 1.04. The first-order chi connectivity index (χ1) is 6.74. The highest BCUT2D eigenvalue weighted by Crippen LogP contribution is 2.02. The van der Waals surface area contributed by atoms with Crippen LogP contribution >= 0.6 is 0 Å². The zero-order valence-corrected chi connectivity index (χ0v) is 8.58. The molecule has 0 aromatic carbocycles. The van der Waals surface area contributed by atoms with Crippen molar-refractivity contribution in [1.82, 2.24) is 15.1 Å². The standard InChI is InChI=1S/C9H16N4O/c1-3-4-6-10-9(14)12-8-5-7-11-13(8)2/h5,7H,3-4,6H2,1-2H3,(H2,10,12,14). The summed E-state index contributed by atoms with van der Waals surface area (Å²) in [5, 5.41) is 9.40. The van der Waals surface area contributed by atoms with Crippen molar-refractivity contribution < 1.29 is 4.79 Å². The molecule has 0 aliphatic rings. The lowest BCUT2D eigenvalue weighted by Gasteiger charge is -2.06. The monoisotopic (exact) mass is 196 g/mol. The Hall–Kier alpha value is -1.52. The van der Waals surface area contributed by atoms with Gasteiger partial charge >= 0.3 is 6.03 Å². The molecule has 0 unspecified atom stereocenters. The minimum absolute atomic E-state index is 0.179. The smallest absolute Gasteiger partial charge is 0.320 e. The van der Waals surface area contributed by atoms with Gasteiger partial charge in [-0.25, -0.2) is 4.79 Å². The number of anilines is 1. The van der Waals surface area contributed by atoms with Gasteiger partial charge in [0, 0.05) is 19.7 Å².